The van der Waals surface area contributed by atoms with Gasteiger partial charge in [-0.15, -0.1) is 0 Å². The lowest BCUT2D eigenvalue weighted by molar-refractivity contribution is 0.0773. The van der Waals surface area contributed by atoms with Crippen LogP contribution in [-0.2, 0) is 0 Å². The molecule has 0 aromatic heterocycles. The highest BCUT2D eigenvalue weighted by Gasteiger charge is 2.31. The van der Waals surface area contributed by atoms with E-state index in [1.54, 1.807) is 7.11 Å². The summed E-state index contributed by atoms with van der Waals surface area (Å²) in [4.78, 5) is 19.4. The number of ether oxygens (including phenoxy) is 1. The third-order valence-electron chi connectivity index (χ3n) is 6.17. The van der Waals surface area contributed by atoms with Gasteiger partial charge in [-0.2, -0.15) is 0 Å². The Morgan fingerprint density at radius 1 is 1.10 bits per heavy atom. The Kier molecular flexibility index (Phi) is 7.38. The van der Waals surface area contributed by atoms with Crippen molar-refractivity contribution in [3.63, 3.8) is 0 Å². The van der Waals surface area contributed by atoms with Crippen LogP contribution in [0.5, 0.6) is 5.75 Å². The summed E-state index contributed by atoms with van der Waals surface area (Å²) in [6.07, 6.45) is 1.09. The van der Waals surface area contributed by atoms with Crippen LogP contribution in [0.4, 0.5) is 11.4 Å². The molecule has 1 aliphatic heterocycles. The molecule has 3 rings (SSSR count). The number of rotatable bonds is 7. The minimum atomic E-state index is 0.0899. The van der Waals surface area contributed by atoms with Crippen molar-refractivity contribution in [2.45, 2.75) is 33.2 Å². The van der Waals surface area contributed by atoms with E-state index in [0.717, 1.165) is 55.3 Å². The van der Waals surface area contributed by atoms with Crippen LogP contribution in [0.3, 0.4) is 0 Å². The van der Waals surface area contributed by atoms with Gasteiger partial charge in [0.25, 0.3) is 5.91 Å². The van der Waals surface area contributed by atoms with E-state index >= 15 is 0 Å². The predicted octanol–water partition coefficient (Wildman–Crippen LogP) is 4.66. The molecule has 0 unspecified atom stereocenters. The van der Waals surface area contributed by atoms with Crippen molar-refractivity contribution in [2.24, 2.45) is 5.92 Å². The molecular formula is C25H35N3O2. The lowest BCUT2D eigenvalue weighted by Crippen LogP contribution is -2.47. The van der Waals surface area contributed by atoms with Gasteiger partial charge in [0.1, 0.15) is 5.75 Å². The topological polar surface area (TPSA) is 36.0 Å². The maximum atomic E-state index is 12.7. The average Bonchev–Trinajstić information content (AvgIpc) is 2.77. The number of amides is 1. The molecule has 0 bridgehead atoms. The van der Waals surface area contributed by atoms with Crippen molar-refractivity contribution in [3.8, 4) is 5.75 Å². The van der Waals surface area contributed by atoms with Gasteiger partial charge in [0, 0.05) is 48.7 Å². The van der Waals surface area contributed by atoms with Gasteiger partial charge in [0.05, 0.1) is 7.11 Å². The Morgan fingerprint density at radius 3 is 2.40 bits per heavy atom. The molecule has 0 spiro atoms. The number of hydrogen-bond donors (Lipinski definition) is 0. The van der Waals surface area contributed by atoms with E-state index in [1.165, 1.54) is 0 Å². The summed E-state index contributed by atoms with van der Waals surface area (Å²) < 4.78 is 5.49. The number of benzene rings is 2. The van der Waals surface area contributed by atoms with Crippen LogP contribution in [0.25, 0.3) is 0 Å². The first-order valence-electron chi connectivity index (χ1n) is 11.0. The quantitative estimate of drug-likeness (QED) is 0.667. The zero-order chi connectivity index (χ0) is 21.7. The predicted molar refractivity (Wildman–Crippen MR) is 124 cm³/mol. The Morgan fingerprint density at radius 2 is 1.80 bits per heavy atom. The fourth-order valence-electron chi connectivity index (χ4n) is 4.48. The highest BCUT2D eigenvalue weighted by atomic mass is 16.5. The zero-order valence-corrected chi connectivity index (χ0v) is 19.0. The second kappa shape index (κ2) is 9.98. The Balaban J connectivity index is 1.96. The van der Waals surface area contributed by atoms with E-state index in [9.17, 15) is 4.79 Å². The third kappa shape index (κ3) is 4.78. The van der Waals surface area contributed by atoms with Gasteiger partial charge in [-0.05, 0) is 76.2 Å². The summed E-state index contributed by atoms with van der Waals surface area (Å²) in [5, 5.41) is 0. The molecular weight excluding hydrogens is 374 g/mol. The van der Waals surface area contributed by atoms with Crippen LogP contribution >= 0.6 is 0 Å². The molecule has 1 fully saturated rings. The fraction of sp³-hybridized carbons (Fsp3) is 0.480. The van der Waals surface area contributed by atoms with Crippen LogP contribution in [0.15, 0.2) is 48.5 Å². The summed E-state index contributed by atoms with van der Waals surface area (Å²) in [6, 6.07) is 16.7. The first kappa shape index (κ1) is 22.2. The maximum absolute atomic E-state index is 12.7. The largest absolute Gasteiger partial charge is 0.497 e. The van der Waals surface area contributed by atoms with E-state index in [4.69, 9.17) is 4.74 Å². The SMILES string of the molecule is CCN(CC)C(=O)c1ccc(N(c2cccc(OC)c2)[C@H]2CCN(C)C[C@@H]2C)cc1. The number of carbonyl (C=O) groups is 1. The molecule has 0 saturated carbocycles. The summed E-state index contributed by atoms with van der Waals surface area (Å²) in [6.45, 7) is 9.95. The second-order valence-corrected chi connectivity index (χ2v) is 8.19. The maximum Gasteiger partial charge on any atom is 0.253 e. The summed E-state index contributed by atoms with van der Waals surface area (Å²) in [5.41, 5.74) is 2.98. The zero-order valence-electron chi connectivity index (χ0n) is 19.0. The fourth-order valence-corrected chi connectivity index (χ4v) is 4.48. The molecule has 2 atom stereocenters. The molecule has 5 nitrogen and oxygen atoms in total. The molecule has 0 N–H and O–H groups in total. The number of hydrogen-bond acceptors (Lipinski definition) is 4. The minimum Gasteiger partial charge on any atom is -0.497 e. The molecule has 5 heteroatoms. The lowest BCUT2D eigenvalue weighted by Gasteiger charge is -2.43. The van der Waals surface area contributed by atoms with Crippen molar-refractivity contribution < 1.29 is 9.53 Å². The average molecular weight is 410 g/mol. The van der Waals surface area contributed by atoms with Crippen molar-refractivity contribution in [3.05, 3.63) is 54.1 Å². The number of carbonyl (C=O) groups excluding carboxylic acids is 1. The van der Waals surface area contributed by atoms with E-state index in [-0.39, 0.29) is 5.91 Å². The van der Waals surface area contributed by atoms with Gasteiger partial charge in [-0.1, -0.05) is 13.0 Å². The lowest BCUT2D eigenvalue weighted by atomic mass is 9.91. The Hall–Kier alpha value is -2.53. The van der Waals surface area contributed by atoms with Gasteiger partial charge in [-0.3, -0.25) is 4.79 Å². The van der Waals surface area contributed by atoms with E-state index in [1.807, 2.05) is 43.0 Å². The normalized spacial score (nSPS) is 19.4. The standard InChI is InChI=1S/C25H35N3O2/c1-6-27(7-2)25(29)20-11-13-21(14-12-20)28(22-9-8-10-23(17-22)30-5)24-15-16-26(4)18-19(24)3/h8-14,17,19,24H,6-7,15-16,18H2,1-5H3/t19-,24-/m0/s1. The second-order valence-electron chi connectivity index (χ2n) is 8.19. The minimum absolute atomic E-state index is 0.0899. The molecule has 1 aliphatic rings. The van der Waals surface area contributed by atoms with Crippen LogP contribution in [0.1, 0.15) is 37.6 Å². The summed E-state index contributed by atoms with van der Waals surface area (Å²) in [7, 11) is 3.89. The van der Waals surface area contributed by atoms with E-state index in [2.05, 4.69) is 48.0 Å². The van der Waals surface area contributed by atoms with Crippen molar-refractivity contribution in [2.75, 3.05) is 45.2 Å². The van der Waals surface area contributed by atoms with Gasteiger partial charge in [-0.25, -0.2) is 0 Å². The molecule has 2 aromatic carbocycles. The van der Waals surface area contributed by atoms with Crippen molar-refractivity contribution in [1.29, 1.82) is 0 Å². The number of likely N-dealkylation sites (tertiary alicyclic amines) is 1. The summed E-state index contributed by atoms with van der Waals surface area (Å²) >= 11 is 0. The van der Waals surface area contributed by atoms with E-state index < -0.39 is 0 Å². The van der Waals surface area contributed by atoms with Crippen LogP contribution in [-0.4, -0.2) is 62.1 Å². The van der Waals surface area contributed by atoms with Gasteiger partial charge in [0.2, 0.25) is 0 Å². The van der Waals surface area contributed by atoms with Crippen LogP contribution < -0.4 is 9.64 Å². The number of methoxy groups -OCH3 is 1. The van der Waals surface area contributed by atoms with Gasteiger partial charge < -0.3 is 19.4 Å². The van der Waals surface area contributed by atoms with Crippen LogP contribution in [0.2, 0.25) is 0 Å². The highest BCUT2D eigenvalue weighted by molar-refractivity contribution is 5.94. The van der Waals surface area contributed by atoms with Crippen molar-refractivity contribution >= 4 is 17.3 Å². The Labute approximate surface area is 181 Å². The molecule has 1 saturated heterocycles. The molecule has 2 aromatic rings. The molecule has 1 amide bonds. The third-order valence-corrected chi connectivity index (χ3v) is 6.17. The smallest absolute Gasteiger partial charge is 0.253 e. The number of nitrogens with zero attached hydrogens (tertiary/aromatic N) is 3. The first-order chi connectivity index (χ1) is 14.5. The number of piperidine rings is 1. The van der Waals surface area contributed by atoms with Gasteiger partial charge in [0.15, 0.2) is 0 Å². The highest BCUT2D eigenvalue weighted by Crippen LogP contribution is 2.35. The van der Waals surface area contributed by atoms with Crippen molar-refractivity contribution in [1.82, 2.24) is 9.80 Å². The Bertz CT molecular complexity index is 833. The molecule has 1 heterocycles. The molecule has 0 aliphatic carbocycles. The monoisotopic (exact) mass is 409 g/mol. The molecule has 30 heavy (non-hydrogen) atoms. The van der Waals surface area contributed by atoms with Crippen LogP contribution in [0, 0.1) is 5.92 Å². The molecule has 162 valence electrons. The van der Waals surface area contributed by atoms with E-state index in [0.29, 0.717) is 12.0 Å². The van der Waals surface area contributed by atoms with Gasteiger partial charge >= 0.3 is 0 Å². The summed E-state index contributed by atoms with van der Waals surface area (Å²) in [5.74, 6) is 1.46. The number of anilines is 2. The molecule has 0 radical (unpaired) electrons. The first-order valence-corrected chi connectivity index (χ1v) is 11.0.